The predicted molar refractivity (Wildman–Crippen MR) is 56.9 cm³/mol. The quantitative estimate of drug-likeness (QED) is 0.786. The van der Waals surface area contributed by atoms with E-state index in [1.165, 1.54) is 11.5 Å². The minimum atomic E-state index is -0.236. The largest absolute Gasteiger partial charge is 0.377 e. The van der Waals surface area contributed by atoms with Gasteiger partial charge in [0, 0.05) is 37.6 Å². The third-order valence-electron chi connectivity index (χ3n) is 2.51. The maximum absolute atomic E-state index is 12.4. The van der Waals surface area contributed by atoms with Crippen LogP contribution in [0.2, 0.25) is 0 Å². The zero-order valence-corrected chi connectivity index (χ0v) is 9.47. The second-order valence-corrected chi connectivity index (χ2v) is 4.41. The summed E-state index contributed by atoms with van der Waals surface area (Å²) in [6, 6.07) is 0. The fourth-order valence-corrected chi connectivity index (χ4v) is 2.40. The molecule has 1 aliphatic heterocycles. The van der Waals surface area contributed by atoms with Crippen LogP contribution in [-0.2, 0) is 11.3 Å². The van der Waals surface area contributed by atoms with Gasteiger partial charge in [-0.3, -0.25) is 4.39 Å². The lowest BCUT2D eigenvalue weighted by atomic mass is 10.1. The van der Waals surface area contributed by atoms with Crippen LogP contribution >= 0.6 is 11.5 Å². The molecule has 15 heavy (non-hydrogen) atoms. The Hall–Kier alpha value is -0.750. The van der Waals surface area contributed by atoms with Crippen molar-refractivity contribution in [3.8, 4) is 0 Å². The van der Waals surface area contributed by atoms with Gasteiger partial charge in [0.05, 0.1) is 6.67 Å². The monoisotopic (exact) mass is 231 g/mol. The van der Waals surface area contributed by atoms with Crippen molar-refractivity contribution in [3.05, 3.63) is 5.82 Å². The molecule has 4 nitrogen and oxygen atoms in total. The van der Waals surface area contributed by atoms with Gasteiger partial charge in [-0.15, -0.1) is 0 Å². The Morgan fingerprint density at radius 3 is 3.20 bits per heavy atom. The zero-order valence-electron chi connectivity index (χ0n) is 8.65. The number of nitrogens with zero attached hydrogens (tertiary/aromatic N) is 3. The van der Waals surface area contributed by atoms with Gasteiger partial charge < -0.3 is 9.64 Å². The summed E-state index contributed by atoms with van der Waals surface area (Å²) < 4.78 is 21.6. The van der Waals surface area contributed by atoms with Crippen molar-refractivity contribution in [2.24, 2.45) is 5.92 Å². The topological polar surface area (TPSA) is 38.2 Å². The molecule has 84 valence electrons. The molecule has 1 fully saturated rings. The van der Waals surface area contributed by atoms with Crippen molar-refractivity contribution >= 4 is 16.7 Å². The molecule has 2 rings (SSSR count). The van der Waals surface area contributed by atoms with Crippen LogP contribution in [0.3, 0.4) is 0 Å². The lowest BCUT2D eigenvalue weighted by Crippen LogP contribution is -2.19. The van der Waals surface area contributed by atoms with E-state index in [4.69, 9.17) is 4.74 Å². The van der Waals surface area contributed by atoms with E-state index >= 15 is 0 Å². The van der Waals surface area contributed by atoms with Crippen molar-refractivity contribution in [2.45, 2.75) is 13.0 Å². The minimum absolute atomic E-state index is 0.166. The van der Waals surface area contributed by atoms with Crippen LogP contribution in [0, 0.1) is 5.92 Å². The van der Waals surface area contributed by atoms with Crippen molar-refractivity contribution in [1.82, 2.24) is 9.36 Å². The molecule has 0 amide bonds. The second kappa shape index (κ2) is 4.85. The molecule has 0 aromatic carbocycles. The maximum atomic E-state index is 12.4. The molecular formula is C9H14FN3OS. The summed E-state index contributed by atoms with van der Waals surface area (Å²) in [6.07, 6.45) is 0.912. The standard InChI is InChI=1S/C9H14FN3OS/c1-14-6-8-11-9(15-12-8)13-3-2-7(4-10)5-13/h7H,2-6H2,1H3. The normalized spacial score (nSPS) is 21.2. The summed E-state index contributed by atoms with van der Waals surface area (Å²) >= 11 is 1.36. The number of aromatic nitrogens is 2. The summed E-state index contributed by atoms with van der Waals surface area (Å²) in [7, 11) is 1.62. The first-order valence-electron chi connectivity index (χ1n) is 4.96. The molecule has 6 heteroatoms. The maximum Gasteiger partial charge on any atom is 0.205 e. The zero-order chi connectivity index (χ0) is 10.7. The number of hydrogen-bond donors (Lipinski definition) is 0. The molecule has 0 aliphatic carbocycles. The number of ether oxygens (including phenoxy) is 1. The van der Waals surface area contributed by atoms with E-state index in [0.29, 0.717) is 12.4 Å². The van der Waals surface area contributed by atoms with Crippen molar-refractivity contribution in [3.63, 3.8) is 0 Å². The Labute approximate surface area is 92.2 Å². The molecule has 1 saturated heterocycles. The Kier molecular flexibility index (Phi) is 3.48. The molecule has 2 heterocycles. The number of methoxy groups -OCH3 is 1. The van der Waals surface area contributed by atoms with Gasteiger partial charge >= 0.3 is 0 Å². The molecule has 1 aromatic heterocycles. The van der Waals surface area contributed by atoms with Crippen molar-refractivity contribution < 1.29 is 9.13 Å². The molecule has 1 unspecified atom stereocenters. The summed E-state index contributed by atoms with van der Waals surface area (Å²) in [5, 5.41) is 0.887. The molecule has 1 aromatic rings. The lowest BCUT2D eigenvalue weighted by molar-refractivity contribution is 0.179. The van der Waals surface area contributed by atoms with Crippen molar-refractivity contribution in [2.75, 3.05) is 31.8 Å². The Morgan fingerprint density at radius 1 is 1.67 bits per heavy atom. The van der Waals surface area contributed by atoms with Gasteiger partial charge in [-0.05, 0) is 6.42 Å². The molecule has 1 aliphatic rings. The van der Waals surface area contributed by atoms with Gasteiger partial charge in [0.25, 0.3) is 0 Å². The molecule has 0 spiro atoms. The fourth-order valence-electron chi connectivity index (χ4n) is 1.69. The Bertz CT molecular complexity index is 320. The Morgan fingerprint density at radius 2 is 2.53 bits per heavy atom. The van der Waals surface area contributed by atoms with Gasteiger partial charge in [-0.25, -0.2) is 4.98 Å². The Balaban J connectivity index is 1.97. The molecular weight excluding hydrogens is 217 g/mol. The van der Waals surface area contributed by atoms with Crippen LogP contribution in [0.25, 0.3) is 0 Å². The highest BCUT2D eigenvalue weighted by molar-refractivity contribution is 7.09. The first-order chi connectivity index (χ1) is 7.33. The lowest BCUT2D eigenvalue weighted by Gasteiger charge is -2.12. The molecule has 0 N–H and O–H groups in total. The molecule has 0 saturated carbocycles. The highest BCUT2D eigenvalue weighted by Crippen LogP contribution is 2.25. The second-order valence-electron chi connectivity index (χ2n) is 3.68. The minimum Gasteiger partial charge on any atom is -0.377 e. The van der Waals surface area contributed by atoms with Crippen LogP contribution in [0.5, 0.6) is 0 Å². The van der Waals surface area contributed by atoms with Gasteiger partial charge in [-0.1, -0.05) is 0 Å². The number of alkyl halides is 1. The van der Waals surface area contributed by atoms with Gasteiger partial charge in [0.2, 0.25) is 5.13 Å². The first kappa shape index (κ1) is 10.8. The van der Waals surface area contributed by atoms with Gasteiger partial charge in [-0.2, -0.15) is 4.37 Å². The van der Waals surface area contributed by atoms with Crippen LogP contribution in [-0.4, -0.2) is 36.2 Å². The third-order valence-corrected chi connectivity index (χ3v) is 3.32. The van der Waals surface area contributed by atoms with E-state index in [-0.39, 0.29) is 12.6 Å². The van der Waals surface area contributed by atoms with E-state index in [1.54, 1.807) is 7.11 Å². The van der Waals surface area contributed by atoms with E-state index < -0.39 is 0 Å². The number of anilines is 1. The van der Waals surface area contributed by atoms with Gasteiger partial charge in [0.1, 0.15) is 6.61 Å². The van der Waals surface area contributed by atoms with Crippen LogP contribution in [0.4, 0.5) is 9.52 Å². The average Bonchev–Trinajstić information content (AvgIpc) is 2.85. The number of rotatable bonds is 4. The molecule has 0 bridgehead atoms. The van der Waals surface area contributed by atoms with E-state index in [0.717, 1.165) is 24.6 Å². The highest BCUT2D eigenvalue weighted by Gasteiger charge is 2.24. The smallest absolute Gasteiger partial charge is 0.205 e. The SMILES string of the molecule is COCc1nsc(N2CCC(CF)C2)n1. The van der Waals surface area contributed by atoms with Crippen LogP contribution in [0.1, 0.15) is 12.2 Å². The summed E-state index contributed by atoms with van der Waals surface area (Å²) in [4.78, 5) is 6.43. The highest BCUT2D eigenvalue weighted by atomic mass is 32.1. The van der Waals surface area contributed by atoms with E-state index in [9.17, 15) is 4.39 Å². The summed E-state index contributed by atoms with van der Waals surface area (Å²) in [5.41, 5.74) is 0. The average molecular weight is 231 g/mol. The van der Waals surface area contributed by atoms with Crippen molar-refractivity contribution in [1.29, 1.82) is 0 Å². The molecule has 1 atom stereocenters. The van der Waals surface area contributed by atoms with Gasteiger partial charge in [0.15, 0.2) is 5.82 Å². The summed E-state index contributed by atoms with van der Waals surface area (Å²) in [5.74, 6) is 0.876. The van der Waals surface area contributed by atoms with Crippen LogP contribution < -0.4 is 4.90 Å². The summed E-state index contributed by atoms with van der Waals surface area (Å²) in [6.45, 7) is 1.85. The van der Waals surface area contributed by atoms with E-state index in [1.807, 2.05) is 0 Å². The number of halogens is 1. The molecule has 0 radical (unpaired) electrons. The van der Waals surface area contributed by atoms with E-state index in [2.05, 4.69) is 14.3 Å². The number of hydrogen-bond acceptors (Lipinski definition) is 5. The predicted octanol–water partition coefficient (Wildman–Crippen LogP) is 1.48. The fraction of sp³-hybridized carbons (Fsp3) is 0.778. The first-order valence-corrected chi connectivity index (χ1v) is 5.73. The third kappa shape index (κ3) is 2.43. The van der Waals surface area contributed by atoms with Crippen LogP contribution in [0.15, 0.2) is 0 Å².